The fourth-order valence-electron chi connectivity index (χ4n) is 3.06. The SMILES string of the molecule is Cc1ccc2ccc(-c3ccc(OCc4ccccc4)c(C#N)c3)cc2n1. The topological polar surface area (TPSA) is 45.9 Å². The number of rotatable bonds is 4. The number of aryl methyl sites for hydroxylation is 1. The highest BCUT2D eigenvalue weighted by atomic mass is 16.5. The molecule has 3 nitrogen and oxygen atoms in total. The smallest absolute Gasteiger partial charge is 0.137 e. The number of fused-ring (bicyclic) bond motifs is 1. The maximum absolute atomic E-state index is 9.55. The summed E-state index contributed by atoms with van der Waals surface area (Å²) in [5.41, 5.74) is 5.55. The van der Waals surface area contributed by atoms with Crippen molar-refractivity contribution in [3.8, 4) is 22.9 Å². The van der Waals surface area contributed by atoms with Gasteiger partial charge in [0, 0.05) is 11.1 Å². The Balaban J connectivity index is 1.64. The molecule has 0 atom stereocenters. The Morgan fingerprint density at radius 1 is 0.889 bits per heavy atom. The summed E-state index contributed by atoms with van der Waals surface area (Å²) in [6.07, 6.45) is 0. The average Bonchev–Trinajstić information content (AvgIpc) is 2.72. The molecule has 0 radical (unpaired) electrons. The molecule has 0 saturated heterocycles. The van der Waals surface area contributed by atoms with Crippen LogP contribution in [-0.4, -0.2) is 4.98 Å². The van der Waals surface area contributed by atoms with Gasteiger partial charge in [-0.1, -0.05) is 54.6 Å². The molecule has 0 N–H and O–H groups in total. The number of nitrogens with zero attached hydrogens (tertiary/aromatic N) is 2. The van der Waals surface area contributed by atoms with Crippen LogP contribution in [0.2, 0.25) is 0 Å². The summed E-state index contributed by atoms with van der Waals surface area (Å²) in [7, 11) is 0. The van der Waals surface area contributed by atoms with Gasteiger partial charge in [0.2, 0.25) is 0 Å². The van der Waals surface area contributed by atoms with E-state index in [4.69, 9.17) is 4.74 Å². The second-order valence-electron chi connectivity index (χ2n) is 6.46. The van der Waals surface area contributed by atoms with Crippen LogP contribution in [0.1, 0.15) is 16.8 Å². The van der Waals surface area contributed by atoms with E-state index in [1.165, 1.54) is 0 Å². The van der Waals surface area contributed by atoms with E-state index >= 15 is 0 Å². The monoisotopic (exact) mass is 350 g/mol. The number of nitriles is 1. The first kappa shape index (κ1) is 16.8. The molecule has 4 rings (SSSR count). The van der Waals surface area contributed by atoms with Crippen LogP contribution in [0.4, 0.5) is 0 Å². The molecule has 0 aliphatic rings. The molecule has 3 aromatic carbocycles. The van der Waals surface area contributed by atoms with Gasteiger partial charge in [0.1, 0.15) is 18.4 Å². The average molecular weight is 350 g/mol. The Labute approximate surface area is 158 Å². The summed E-state index contributed by atoms with van der Waals surface area (Å²) in [4.78, 5) is 4.60. The zero-order valence-electron chi connectivity index (χ0n) is 15.0. The second-order valence-corrected chi connectivity index (χ2v) is 6.46. The van der Waals surface area contributed by atoms with Crippen LogP contribution in [0, 0.1) is 18.3 Å². The maximum atomic E-state index is 9.55. The van der Waals surface area contributed by atoms with E-state index in [1.54, 1.807) is 0 Å². The highest BCUT2D eigenvalue weighted by Crippen LogP contribution is 2.29. The lowest BCUT2D eigenvalue weighted by Gasteiger charge is -2.10. The van der Waals surface area contributed by atoms with Crippen molar-refractivity contribution in [2.45, 2.75) is 13.5 Å². The van der Waals surface area contributed by atoms with Gasteiger partial charge in [-0.25, -0.2) is 0 Å². The molecule has 0 aliphatic heterocycles. The number of pyridine rings is 1. The fourth-order valence-corrected chi connectivity index (χ4v) is 3.06. The zero-order valence-corrected chi connectivity index (χ0v) is 15.0. The first-order valence-corrected chi connectivity index (χ1v) is 8.81. The van der Waals surface area contributed by atoms with Crippen LogP contribution in [-0.2, 0) is 6.61 Å². The van der Waals surface area contributed by atoms with E-state index in [1.807, 2.05) is 61.5 Å². The molecule has 1 heterocycles. The van der Waals surface area contributed by atoms with Crippen molar-refractivity contribution >= 4 is 10.9 Å². The van der Waals surface area contributed by atoms with Crippen LogP contribution >= 0.6 is 0 Å². The van der Waals surface area contributed by atoms with Crippen molar-refractivity contribution in [3.63, 3.8) is 0 Å². The van der Waals surface area contributed by atoms with Crippen LogP contribution in [0.3, 0.4) is 0 Å². The first-order chi connectivity index (χ1) is 13.2. The lowest BCUT2D eigenvalue weighted by molar-refractivity contribution is 0.305. The summed E-state index contributed by atoms with van der Waals surface area (Å²) in [5, 5.41) is 10.7. The Morgan fingerprint density at radius 2 is 1.63 bits per heavy atom. The van der Waals surface area contributed by atoms with Crippen molar-refractivity contribution in [1.29, 1.82) is 5.26 Å². The van der Waals surface area contributed by atoms with Crippen molar-refractivity contribution < 1.29 is 4.74 Å². The normalized spacial score (nSPS) is 10.5. The predicted octanol–water partition coefficient (Wildman–Crippen LogP) is 5.66. The third-order valence-corrected chi connectivity index (χ3v) is 4.50. The summed E-state index contributed by atoms with van der Waals surface area (Å²) in [5.74, 6) is 0.597. The molecule has 130 valence electrons. The molecule has 0 spiro atoms. The summed E-state index contributed by atoms with van der Waals surface area (Å²) >= 11 is 0. The van der Waals surface area contributed by atoms with Gasteiger partial charge in [0.05, 0.1) is 11.1 Å². The minimum absolute atomic E-state index is 0.439. The van der Waals surface area contributed by atoms with Crippen molar-refractivity contribution in [3.05, 3.63) is 95.7 Å². The molecule has 1 aromatic heterocycles. The molecule has 0 fully saturated rings. The predicted molar refractivity (Wildman–Crippen MR) is 107 cm³/mol. The largest absolute Gasteiger partial charge is 0.488 e. The van der Waals surface area contributed by atoms with Gasteiger partial charge >= 0.3 is 0 Å². The van der Waals surface area contributed by atoms with E-state index in [9.17, 15) is 5.26 Å². The molecule has 0 bridgehead atoms. The highest BCUT2D eigenvalue weighted by Gasteiger charge is 2.08. The van der Waals surface area contributed by atoms with E-state index in [2.05, 4.69) is 35.3 Å². The second kappa shape index (κ2) is 7.31. The van der Waals surface area contributed by atoms with Crippen LogP contribution in [0.15, 0.2) is 78.9 Å². The Morgan fingerprint density at radius 3 is 2.44 bits per heavy atom. The number of aromatic nitrogens is 1. The molecule has 0 aliphatic carbocycles. The number of hydrogen-bond donors (Lipinski definition) is 0. The fraction of sp³-hybridized carbons (Fsp3) is 0.0833. The lowest BCUT2D eigenvalue weighted by atomic mass is 10.0. The molecule has 0 amide bonds. The molecular formula is C24H18N2O. The number of ether oxygens (including phenoxy) is 1. The van der Waals surface area contributed by atoms with Gasteiger partial charge in [-0.05, 0) is 47.9 Å². The lowest BCUT2D eigenvalue weighted by Crippen LogP contribution is -1.97. The summed E-state index contributed by atoms with van der Waals surface area (Å²) < 4.78 is 5.86. The third-order valence-electron chi connectivity index (χ3n) is 4.50. The third kappa shape index (κ3) is 3.65. The minimum Gasteiger partial charge on any atom is -0.488 e. The van der Waals surface area contributed by atoms with Gasteiger partial charge in [0.25, 0.3) is 0 Å². The van der Waals surface area contributed by atoms with Gasteiger partial charge in [-0.2, -0.15) is 5.26 Å². The summed E-state index contributed by atoms with van der Waals surface area (Å²) in [6, 6.07) is 28.2. The standard InChI is InChI=1S/C24H18N2O/c1-17-7-8-19-9-10-21(14-23(19)26-17)20-11-12-24(22(13-20)15-25)27-16-18-5-3-2-4-6-18/h2-14H,16H2,1H3. The van der Waals surface area contributed by atoms with Gasteiger partial charge in [0.15, 0.2) is 0 Å². The van der Waals surface area contributed by atoms with Crippen molar-refractivity contribution in [2.24, 2.45) is 0 Å². The molecule has 27 heavy (non-hydrogen) atoms. The van der Waals surface area contributed by atoms with Crippen LogP contribution in [0.25, 0.3) is 22.0 Å². The van der Waals surface area contributed by atoms with Crippen LogP contribution in [0.5, 0.6) is 5.75 Å². The van der Waals surface area contributed by atoms with Crippen molar-refractivity contribution in [1.82, 2.24) is 4.98 Å². The Hall–Kier alpha value is -3.64. The Bertz CT molecular complexity index is 1140. The summed E-state index contributed by atoms with van der Waals surface area (Å²) in [6.45, 7) is 2.42. The van der Waals surface area contributed by atoms with Gasteiger partial charge < -0.3 is 4.74 Å². The quantitative estimate of drug-likeness (QED) is 0.477. The molecule has 0 unspecified atom stereocenters. The number of hydrogen-bond acceptors (Lipinski definition) is 3. The molecular weight excluding hydrogens is 332 g/mol. The molecule has 4 aromatic rings. The molecule has 0 saturated carbocycles. The zero-order chi connectivity index (χ0) is 18.6. The Kier molecular flexibility index (Phi) is 4.55. The highest BCUT2D eigenvalue weighted by molar-refractivity contribution is 5.84. The van der Waals surface area contributed by atoms with Crippen molar-refractivity contribution in [2.75, 3.05) is 0 Å². The van der Waals surface area contributed by atoms with E-state index < -0.39 is 0 Å². The van der Waals surface area contributed by atoms with Gasteiger partial charge in [-0.15, -0.1) is 0 Å². The van der Waals surface area contributed by atoms with E-state index in [0.717, 1.165) is 33.3 Å². The van der Waals surface area contributed by atoms with E-state index in [0.29, 0.717) is 17.9 Å². The number of benzene rings is 3. The van der Waals surface area contributed by atoms with E-state index in [-0.39, 0.29) is 0 Å². The minimum atomic E-state index is 0.439. The first-order valence-electron chi connectivity index (χ1n) is 8.81. The maximum Gasteiger partial charge on any atom is 0.137 e. The van der Waals surface area contributed by atoms with Crippen LogP contribution < -0.4 is 4.74 Å². The van der Waals surface area contributed by atoms with Gasteiger partial charge in [-0.3, -0.25) is 4.98 Å². The molecule has 3 heteroatoms.